The Morgan fingerprint density at radius 1 is 1.44 bits per heavy atom. The highest BCUT2D eigenvalue weighted by Crippen LogP contribution is 2.25. The first-order valence-electron chi connectivity index (χ1n) is 5.91. The van der Waals surface area contributed by atoms with Crippen LogP contribution in [0.15, 0.2) is 0 Å². The maximum atomic E-state index is 11.4. The van der Waals surface area contributed by atoms with Crippen molar-refractivity contribution in [2.45, 2.75) is 38.4 Å². The topological polar surface area (TPSA) is 78.9 Å². The average Bonchev–Trinajstić information content (AvgIpc) is 2.34. The number of rotatable bonds is 5. The Morgan fingerprint density at radius 2 is 2.11 bits per heavy atom. The highest BCUT2D eigenvalue weighted by atomic mass is 32.2. The number of carbonyl (C=O) groups is 1. The van der Waals surface area contributed by atoms with Crippen molar-refractivity contribution in [1.29, 1.82) is 0 Å². The van der Waals surface area contributed by atoms with Crippen molar-refractivity contribution in [2.24, 2.45) is 5.92 Å². The minimum Gasteiger partial charge on any atom is -0.469 e. The van der Waals surface area contributed by atoms with E-state index >= 15 is 0 Å². The van der Waals surface area contributed by atoms with Crippen molar-refractivity contribution in [3.8, 4) is 0 Å². The van der Waals surface area contributed by atoms with Gasteiger partial charge < -0.3 is 9.47 Å². The first-order chi connectivity index (χ1) is 8.33. The molecule has 1 aliphatic rings. The van der Waals surface area contributed by atoms with Crippen molar-refractivity contribution in [3.05, 3.63) is 0 Å². The highest BCUT2D eigenvalue weighted by Gasteiger charge is 2.31. The third-order valence-corrected chi connectivity index (χ3v) is 3.54. The first kappa shape index (κ1) is 15.4. The first-order valence-corrected chi connectivity index (χ1v) is 7.73. The van der Waals surface area contributed by atoms with Crippen LogP contribution in [0.4, 0.5) is 0 Å². The third-order valence-electron chi connectivity index (χ3n) is 2.98. The lowest BCUT2D eigenvalue weighted by Crippen LogP contribution is -2.38. The maximum absolute atomic E-state index is 11.4. The molecular formula is C11H20O6S. The van der Waals surface area contributed by atoms with Gasteiger partial charge in [0.05, 0.1) is 38.1 Å². The number of carbonyl (C=O) groups excluding carboxylic acids is 1. The molecule has 6 nitrogen and oxygen atoms in total. The average molecular weight is 280 g/mol. The summed E-state index contributed by atoms with van der Waals surface area (Å²) in [6.45, 7) is 1.75. The summed E-state index contributed by atoms with van der Waals surface area (Å²) in [6.07, 6.45) is 2.87. The molecule has 1 aliphatic heterocycles. The maximum Gasteiger partial charge on any atom is 0.311 e. The van der Waals surface area contributed by atoms with E-state index in [2.05, 4.69) is 4.74 Å². The molecule has 1 rings (SSSR count). The third kappa shape index (κ3) is 4.91. The Kier molecular flexibility index (Phi) is 5.55. The van der Waals surface area contributed by atoms with Crippen LogP contribution >= 0.6 is 0 Å². The summed E-state index contributed by atoms with van der Waals surface area (Å²) in [4.78, 5) is 11.4. The van der Waals surface area contributed by atoms with Crippen LogP contribution in [0.3, 0.4) is 0 Å². The largest absolute Gasteiger partial charge is 0.469 e. The van der Waals surface area contributed by atoms with Gasteiger partial charge in [-0.3, -0.25) is 8.98 Å². The number of ether oxygens (including phenoxy) is 2. The Hall–Kier alpha value is -0.660. The van der Waals surface area contributed by atoms with Crippen molar-refractivity contribution in [2.75, 3.05) is 20.0 Å². The molecule has 0 bridgehead atoms. The van der Waals surface area contributed by atoms with Crippen molar-refractivity contribution >= 4 is 16.1 Å². The van der Waals surface area contributed by atoms with Gasteiger partial charge in [0.15, 0.2) is 0 Å². The molecule has 1 saturated heterocycles. The second-order valence-electron chi connectivity index (χ2n) is 4.53. The molecule has 7 heteroatoms. The summed E-state index contributed by atoms with van der Waals surface area (Å²) in [6, 6.07) is 0. The zero-order chi connectivity index (χ0) is 13.8. The van der Waals surface area contributed by atoms with E-state index in [0.717, 1.165) is 25.5 Å². The lowest BCUT2D eigenvalue weighted by molar-refractivity contribution is -0.156. The Labute approximate surface area is 108 Å². The molecule has 0 radical (unpaired) electrons. The Bertz CT molecular complexity index is 377. The van der Waals surface area contributed by atoms with Gasteiger partial charge in [-0.05, 0) is 26.2 Å². The fraction of sp³-hybridized carbons (Fsp3) is 0.909. The van der Waals surface area contributed by atoms with Crippen LogP contribution in [0.1, 0.15) is 26.2 Å². The molecule has 1 heterocycles. The van der Waals surface area contributed by atoms with E-state index in [1.165, 1.54) is 7.11 Å². The number of methoxy groups -OCH3 is 1. The molecule has 0 spiro atoms. The molecule has 0 aliphatic carbocycles. The summed E-state index contributed by atoms with van der Waals surface area (Å²) >= 11 is 0. The minimum atomic E-state index is -3.45. The quantitative estimate of drug-likeness (QED) is 0.545. The van der Waals surface area contributed by atoms with Crippen LogP contribution in [0.25, 0.3) is 0 Å². The van der Waals surface area contributed by atoms with Gasteiger partial charge in [0.2, 0.25) is 0 Å². The van der Waals surface area contributed by atoms with Gasteiger partial charge in [0, 0.05) is 0 Å². The second kappa shape index (κ2) is 6.49. The monoisotopic (exact) mass is 280 g/mol. The van der Waals surface area contributed by atoms with Crippen LogP contribution in [-0.2, 0) is 28.6 Å². The predicted molar refractivity (Wildman–Crippen MR) is 64.5 cm³/mol. The van der Waals surface area contributed by atoms with Gasteiger partial charge >= 0.3 is 5.97 Å². The lowest BCUT2D eigenvalue weighted by Gasteiger charge is -2.32. The summed E-state index contributed by atoms with van der Waals surface area (Å²) in [7, 11) is -2.11. The molecule has 0 amide bonds. The number of hydrogen-bond donors (Lipinski definition) is 0. The molecule has 0 aromatic heterocycles. The molecule has 1 unspecified atom stereocenters. The van der Waals surface area contributed by atoms with Crippen LogP contribution in [0, 0.1) is 5.92 Å². The van der Waals surface area contributed by atoms with Crippen LogP contribution in [0.2, 0.25) is 0 Å². The normalized spacial score (nSPS) is 26.6. The smallest absolute Gasteiger partial charge is 0.311 e. The summed E-state index contributed by atoms with van der Waals surface area (Å²) in [5, 5.41) is 0. The van der Waals surface area contributed by atoms with E-state index in [9.17, 15) is 13.2 Å². The number of esters is 1. The number of hydrogen-bond acceptors (Lipinski definition) is 6. The zero-order valence-corrected chi connectivity index (χ0v) is 11.7. The van der Waals surface area contributed by atoms with Gasteiger partial charge in [-0.2, -0.15) is 8.42 Å². The van der Waals surface area contributed by atoms with E-state index in [-0.39, 0.29) is 30.7 Å². The van der Waals surface area contributed by atoms with E-state index in [1.807, 2.05) is 0 Å². The van der Waals surface area contributed by atoms with Gasteiger partial charge in [0.1, 0.15) is 0 Å². The molecule has 3 atom stereocenters. The minimum absolute atomic E-state index is 0.00320. The van der Waals surface area contributed by atoms with E-state index in [4.69, 9.17) is 8.92 Å². The fourth-order valence-corrected chi connectivity index (χ4v) is 2.36. The SMILES string of the molecule is COC(=O)C(C)[C@@H]1CCC[C@@H](COS(C)(=O)=O)O1. The van der Waals surface area contributed by atoms with Crippen molar-refractivity contribution in [1.82, 2.24) is 0 Å². The summed E-state index contributed by atoms with van der Waals surface area (Å²) in [5.74, 6) is -0.666. The van der Waals surface area contributed by atoms with E-state index in [1.54, 1.807) is 6.92 Å². The van der Waals surface area contributed by atoms with Gasteiger partial charge in [-0.15, -0.1) is 0 Å². The molecule has 106 valence electrons. The molecule has 18 heavy (non-hydrogen) atoms. The Morgan fingerprint density at radius 3 is 2.67 bits per heavy atom. The van der Waals surface area contributed by atoms with Gasteiger partial charge in [0.25, 0.3) is 10.1 Å². The molecule has 0 aromatic carbocycles. The lowest BCUT2D eigenvalue weighted by atomic mass is 9.95. The fourth-order valence-electron chi connectivity index (χ4n) is 1.96. The molecular weight excluding hydrogens is 260 g/mol. The van der Waals surface area contributed by atoms with Gasteiger partial charge in [-0.1, -0.05) is 0 Å². The molecule has 0 aromatic rings. The Balaban J connectivity index is 2.48. The van der Waals surface area contributed by atoms with E-state index in [0.29, 0.717) is 0 Å². The van der Waals surface area contributed by atoms with Gasteiger partial charge in [-0.25, -0.2) is 0 Å². The highest BCUT2D eigenvalue weighted by molar-refractivity contribution is 7.85. The molecule has 1 fully saturated rings. The zero-order valence-electron chi connectivity index (χ0n) is 10.9. The predicted octanol–water partition coefficient (Wildman–Crippen LogP) is 0.709. The van der Waals surface area contributed by atoms with Crippen molar-refractivity contribution in [3.63, 3.8) is 0 Å². The summed E-state index contributed by atoms with van der Waals surface area (Å²) < 4.78 is 36.8. The second-order valence-corrected chi connectivity index (χ2v) is 6.17. The summed E-state index contributed by atoms with van der Waals surface area (Å²) in [5.41, 5.74) is 0. The van der Waals surface area contributed by atoms with Crippen LogP contribution < -0.4 is 0 Å². The van der Waals surface area contributed by atoms with Crippen LogP contribution in [0.5, 0.6) is 0 Å². The standard InChI is InChI=1S/C11H20O6S/c1-8(11(12)15-2)10-6-4-5-9(17-10)7-16-18(3,13)14/h8-10H,4-7H2,1-3H3/t8?,9-,10-/m0/s1. The molecule has 0 N–H and O–H groups in total. The van der Waals surface area contributed by atoms with Crippen LogP contribution in [-0.4, -0.2) is 46.6 Å². The van der Waals surface area contributed by atoms with Crippen molar-refractivity contribution < 1.29 is 26.9 Å². The van der Waals surface area contributed by atoms with E-state index < -0.39 is 10.1 Å². The molecule has 0 saturated carbocycles.